The number of nitrogens with zero attached hydrogens (tertiary/aromatic N) is 13. The predicted octanol–water partition coefficient (Wildman–Crippen LogP) is 6.80. The second-order valence-electron chi connectivity index (χ2n) is 22.1. The maximum Gasteiger partial charge on any atom is 0.336 e. The molecule has 474 valence electrons. The number of amides is 4. The SMILES string of the molecule is C[C@@H]1NC(=O)c2coc(n2)[C@H](CCCN(Cc2ccccn2)Cc2ccccn2)NC(=O)c2coc(n2)[C@H](Cc2cn(Cc3cc(=O)oc4cc(O)c(O)cc34)nn2)NC(=O)c2coc(n2)[C@H](CCCN(Cc2ccccn2)Cc2ccccn2)NC(=O)c2coc1n2. The Bertz CT molecular complexity index is 4250. The minimum atomic E-state index is -1.18. The molecule has 1 aliphatic rings. The summed E-state index contributed by atoms with van der Waals surface area (Å²) in [4.78, 5) is 111. The number of pyridine rings is 4. The Kier molecular flexibility index (Phi) is 18.9. The summed E-state index contributed by atoms with van der Waals surface area (Å²) in [7, 11) is 0. The van der Waals surface area contributed by atoms with Crippen LogP contribution in [0.25, 0.3) is 11.0 Å². The molecule has 1 aromatic carbocycles. The van der Waals surface area contributed by atoms with E-state index in [2.05, 4.69) is 81.3 Å². The molecule has 0 spiro atoms. The van der Waals surface area contributed by atoms with Gasteiger partial charge in [0.25, 0.3) is 23.6 Å². The highest BCUT2D eigenvalue weighted by Gasteiger charge is 2.31. The van der Waals surface area contributed by atoms with Gasteiger partial charge in [0.2, 0.25) is 23.6 Å². The Morgan fingerprint density at radius 2 is 0.925 bits per heavy atom. The van der Waals surface area contributed by atoms with Gasteiger partial charge in [0, 0.05) is 81.1 Å². The number of benzene rings is 1. The molecule has 0 radical (unpaired) electrons. The first-order valence-corrected chi connectivity index (χ1v) is 29.8. The standard InChI is InChI=1S/C64H61N17O12/c1-38-61-73-50(34-89-61)58(86)70-47(17-11-23-80(31-42-14-4-8-20-67-42)32-43-15-5-9-21-68-43)63-75-52(36-91-63)60(88)72-48(25-44-33-81(78-77-44)28-39-24-56(84)93-55-27-54(83)53(82)26-45(39)55)64-76-51(37-92-64)59(87)71-46(62-74-49(35-90-62)57(85)69-38)16-10-22-79(29-40-12-2-6-18-65-40)30-41-13-3-7-19-66-41/h2-9,12-15,18-21,24,26-27,33-38,46-48,82-83H,10-11,16-17,22-23,25,28-32H2,1H3,(H,69,85)(H,70,86)(H,71,87)(H,72,88)/t38-,46-,47-,48-/m0/s1. The maximum atomic E-state index is 14.6. The zero-order valence-electron chi connectivity index (χ0n) is 49.9. The number of aromatic hydroxyl groups is 2. The van der Waals surface area contributed by atoms with Crippen LogP contribution >= 0.6 is 0 Å². The Morgan fingerprint density at radius 3 is 1.39 bits per heavy atom. The van der Waals surface area contributed by atoms with Crippen LogP contribution in [0, 0.1) is 0 Å². The number of phenols is 2. The van der Waals surface area contributed by atoms with Gasteiger partial charge >= 0.3 is 5.63 Å². The number of hydrogen-bond acceptors (Lipinski definition) is 24. The molecule has 29 nitrogen and oxygen atoms in total. The number of nitrogens with one attached hydrogen (secondary N) is 4. The van der Waals surface area contributed by atoms with Crippen LogP contribution in [0.5, 0.6) is 11.5 Å². The van der Waals surface area contributed by atoms with Crippen molar-refractivity contribution in [3.63, 3.8) is 0 Å². The lowest BCUT2D eigenvalue weighted by Crippen LogP contribution is -2.32. The molecule has 4 amide bonds. The second kappa shape index (κ2) is 28.5. The molecule has 11 heterocycles. The average molecular weight is 1260 g/mol. The molecule has 6 N–H and O–H groups in total. The molecule has 11 aromatic rings. The van der Waals surface area contributed by atoms with Gasteiger partial charge < -0.3 is 53.6 Å². The molecular formula is C64H61N17O12. The third kappa shape index (κ3) is 15.7. The van der Waals surface area contributed by atoms with Crippen molar-refractivity contribution >= 4 is 34.6 Å². The number of fused-ring (bicyclic) bond motifs is 9. The highest BCUT2D eigenvalue weighted by molar-refractivity contribution is 5.94. The van der Waals surface area contributed by atoms with Crippen LogP contribution < -0.4 is 26.9 Å². The Morgan fingerprint density at radius 1 is 0.505 bits per heavy atom. The Balaban J connectivity index is 0.847. The molecule has 0 saturated heterocycles. The first-order chi connectivity index (χ1) is 45.3. The smallest absolute Gasteiger partial charge is 0.336 e. The summed E-state index contributed by atoms with van der Waals surface area (Å²) in [5.41, 5.74) is 2.65. The molecule has 4 atom stereocenters. The third-order valence-corrected chi connectivity index (χ3v) is 15.2. The third-order valence-electron chi connectivity index (χ3n) is 15.2. The van der Waals surface area contributed by atoms with Crippen molar-refractivity contribution in [2.45, 2.75) is 95.9 Å². The first-order valence-electron chi connectivity index (χ1n) is 29.8. The zero-order valence-corrected chi connectivity index (χ0v) is 49.9. The predicted molar refractivity (Wildman–Crippen MR) is 325 cm³/mol. The van der Waals surface area contributed by atoms with Gasteiger partial charge in [0.15, 0.2) is 34.3 Å². The summed E-state index contributed by atoms with van der Waals surface area (Å²) >= 11 is 0. The van der Waals surface area contributed by atoms with Crippen molar-refractivity contribution in [3.8, 4) is 11.5 Å². The summed E-state index contributed by atoms with van der Waals surface area (Å²) in [5, 5.41) is 41.1. The van der Waals surface area contributed by atoms with E-state index in [1.165, 1.54) is 23.1 Å². The lowest BCUT2D eigenvalue weighted by atomic mass is 10.1. The van der Waals surface area contributed by atoms with Gasteiger partial charge in [-0.15, -0.1) is 5.10 Å². The lowest BCUT2D eigenvalue weighted by molar-refractivity contribution is 0.0912. The van der Waals surface area contributed by atoms with Gasteiger partial charge in [0.05, 0.1) is 35.0 Å². The number of carbonyl (C=O) groups excluding carboxylic acids is 4. The fraction of sp³-hybridized carbons (Fsp3) is 0.266. The Hall–Kier alpha value is -11.6. The van der Waals surface area contributed by atoms with E-state index in [4.69, 9.17) is 22.1 Å². The highest BCUT2D eigenvalue weighted by atomic mass is 16.4. The topological polar surface area (TPSA) is 380 Å². The van der Waals surface area contributed by atoms with Crippen molar-refractivity contribution < 1.29 is 51.5 Å². The van der Waals surface area contributed by atoms with Crippen molar-refractivity contribution in [1.82, 2.24) is 85.9 Å². The van der Waals surface area contributed by atoms with E-state index in [1.807, 2.05) is 72.8 Å². The molecule has 10 aromatic heterocycles. The van der Waals surface area contributed by atoms with Crippen molar-refractivity contribution in [1.29, 1.82) is 0 Å². The summed E-state index contributed by atoms with van der Waals surface area (Å²) in [6, 6.07) is 22.4. The van der Waals surface area contributed by atoms with Gasteiger partial charge in [-0.3, -0.25) is 48.9 Å². The van der Waals surface area contributed by atoms with Crippen LogP contribution in [0.4, 0.5) is 0 Å². The molecule has 0 aliphatic carbocycles. The fourth-order valence-corrected chi connectivity index (χ4v) is 10.6. The number of aromatic nitrogens is 11. The number of oxazole rings is 4. The van der Waals surface area contributed by atoms with E-state index >= 15 is 0 Å². The van der Waals surface area contributed by atoms with Gasteiger partial charge in [-0.05, 0) is 106 Å². The van der Waals surface area contributed by atoms with Gasteiger partial charge in [-0.2, -0.15) is 0 Å². The molecular weight excluding hydrogens is 1200 g/mol. The normalized spacial score (nSPS) is 16.4. The highest BCUT2D eigenvalue weighted by Crippen LogP contribution is 2.32. The summed E-state index contributed by atoms with van der Waals surface area (Å²) < 4.78 is 30.5. The molecule has 29 heteroatoms. The number of rotatable bonds is 20. The summed E-state index contributed by atoms with van der Waals surface area (Å²) in [5.74, 6) is -3.92. The number of carbonyl (C=O) groups is 4. The Labute approximate surface area is 528 Å². The van der Waals surface area contributed by atoms with Gasteiger partial charge in [0.1, 0.15) is 54.8 Å². The summed E-state index contributed by atoms with van der Waals surface area (Å²) in [6.07, 6.45) is 14.3. The maximum absolute atomic E-state index is 14.6. The lowest BCUT2D eigenvalue weighted by Gasteiger charge is -2.23. The summed E-state index contributed by atoms with van der Waals surface area (Å²) in [6.45, 7) is 4.52. The molecule has 12 rings (SSSR count). The van der Waals surface area contributed by atoms with E-state index < -0.39 is 64.9 Å². The molecule has 0 saturated carbocycles. The van der Waals surface area contributed by atoms with E-state index in [-0.39, 0.29) is 83.4 Å². The van der Waals surface area contributed by atoms with Crippen LogP contribution in [0.15, 0.2) is 174 Å². The quantitative estimate of drug-likeness (QED) is 0.0337. The van der Waals surface area contributed by atoms with Crippen molar-refractivity contribution in [2.75, 3.05) is 13.1 Å². The monoisotopic (exact) mass is 1260 g/mol. The second-order valence-corrected chi connectivity index (χ2v) is 22.1. The van der Waals surface area contributed by atoms with Crippen LogP contribution in [0.2, 0.25) is 0 Å². The van der Waals surface area contributed by atoms with Crippen molar-refractivity contribution in [3.05, 3.63) is 238 Å². The zero-order chi connectivity index (χ0) is 64.2. The molecule has 0 fully saturated rings. The van der Waals surface area contributed by atoms with E-state index in [9.17, 15) is 34.2 Å². The molecule has 0 unspecified atom stereocenters. The van der Waals surface area contributed by atoms with Crippen molar-refractivity contribution in [2.24, 2.45) is 0 Å². The van der Waals surface area contributed by atoms with E-state index in [1.54, 1.807) is 37.9 Å². The largest absolute Gasteiger partial charge is 0.504 e. The number of phenolic OH excluding ortho intramolecular Hbond substituents is 2. The van der Waals surface area contributed by atoms with Crippen LogP contribution in [0.1, 0.15) is 156 Å². The van der Waals surface area contributed by atoms with Crippen LogP contribution in [0.3, 0.4) is 0 Å². The fourth-order valence-electron chi connectivity index (χ4n) is 10.6. The first kappa shape index (κ1) is 61.6. The van der Waals surface area contributed by atoms with E-state index in [0.29, 0.717) is 63.1 Å². The van der Waals surface area contributed by atoms with Crippen LogP contribution in [-0.4, -0.2) is 112 Å². The molecule has 1 aliphatic heterocycles. The van der Waals surface area contributed by atoms with Gasteiger partial charge in [-0.1, -0.05) is 29.5 Å². The minimum absolute atomic E-state index is 0.00129. The minimum Gasteiger partial charge on any atom is -0.504 e. The van der Waals surface area contributed by atoms with E-state index in [0.717, 1.165) is 47.6 Å². The van der Waals surface area contributed by atoms with Crippen LogP contribution in [-0.2, 0) is 39.1 Å². The number of hydrogen-bond donors (Lipinski definition) is 6. The molecule has 8 bridgehead atoms. The van der Waals surface area contributed by atoms with Gasteiger partial charge in [-0.25, -0.2) is 29.4 Å². The average Bonchev–Trinajstić information content (AvgIpc) is 1.73. The molecule has 93 heavy (non-hydrogen) atoms.